The molecule has 1 heterocycles. The van der Waals surface area contributed by atoms with Crippen molar-refractivity contribution in [2.45, 2.75) is 32.9 Å². The molecule has 116 valence electrons. The molecule has 21 heavy (non-hydrogen) atoms. The molecule has 1 aromatic rings. The van der Waals surface area contributed by atoms with Gasteiger partial charge in [-0.15, -0.1) is 0 Å². The number of aryl methyl sites for hydroxylation is 1. The van der Waals surface area contributed by atoms with E-state index in [0.29, 0.717) is 23.9 Å². The summed E-state index contributed by atoms with van der Waals surface area (Å²) < 4.78 is 11.0. The Morgan fingerprint density at radius 3 is 2.95 bits per heavy atom. The standard InChI is InChI=1S/C16H24N2O3/c1-11(2)18-7-8-20-13(9-18)10-21-16(19)15-12(3)5-4-6-14(15)17/h4-6,11,13H,7-10,17H2,1-3H3. The molecule has 5 heteroatoms. The number of hydrogen-bond donors (Lipinski definition) is 1. The van der Waals surface area contributed by atoms with Crippen LogP contribution in [0.2, 0.25) is 0 Å². The van der Waals surface area contributed by atoms with Gasteiger partial charge < -0.3 is 15.2 Å². The maximum Gasteiger partial charge on any atom is 0.340 e. The monoisotopic (exact) mass is 292 g/mol. The zero-order valence-corrected chi connectivity index (χ0v) is 13.0. The third-order valence-corrected chi connectivity index (χ3v) is 3.81. The van der Waals surface area contributed by atoms with Gasteiger partial charge >= 0.3 is 5.97 Å². The average Bonchev–Trinajstić information content (AvgIpc) is 2.45. The Morgan fingerprint density at radius 2 is 2.29 bits per heavy atom. The summed E-state index contributed by atoms with van der Waals surface area (Å²) in [6.07, 6.45) is -0.0738. The molecule has 1 atom stereocenters. The number of nitrogens with zero attached hydrogens (tertiary/aromatic N) is 1. The number of nitrogen functional groups attached to an aromatic ring is 1. The number of esters is 1. The van der Waals surface area contributed by atoms with Crippen LogP contribution < -0.4 is 5.73 Å². The van der Waals surface area contributed by atoms with Gasteiger partial charge in [0.05, 0.1) is 12.2 Å². The number of ether oxygens (including phenoxy) is 2. The van der Waals surface area contributed by atoms with E-state index >= 15 is 0 Å². The molecule has 0 aromatic heterocycles. The summed E-state index contributed by atoms with van der Waals surface area (Å²) in [6, 6.07) is 5.86. The van der Waals surface area contributed by atoms with Gasteiger partial charge in [0.15, 0.2) is 0 Å². The highest BCUT2D eigenvalue weighted by Crippen LogP contribution is 2.18. The minimum Gasteiger partial charge on any atom is -0.459 e. The van der Waals surface area contributed by atoms with E-state index in [2.05, 4.69) is 18.7 Å². The lowest BCUT2D eigenvalue weighted by molar-refractivity contribution is -0.0662. The van der Waals surface area contributed by atoms with E-state index in [9.17, 15) is 4.79 Å². The number of nitrogens with two attached hydrogens (primary N) is 1. The summed E-state index contributed by atoms with van der Waals surface area (Å²) >= 11 is 0. The van der Waals surface area contributed by atoms with Crippen molar-refractivity contribution in [2.24, 2.45) is 0 Å². The third kappa shape index (κ3) is 3.95. The van der Waals surface area contributed by atoms with Crippen molar-refractivity contribution < 1.29 is 14.3 Å². The summed E-state index contributed by atoms with van der Waals surface area (Å²) in [5.74, 6) is -0.379. The van der Waals surface area contributed by atoms with E-state index in [1.807, 2.05) is 19.1 Å². The predicted octanol–water partition coefficient (Wildman–Crippen LogP) is 1.84. The number of rotatable bonds is 4. The zero-order valence-electron chi connectivity index (χ0n) is 13.0. The Morgan fingerprint density at radius 1 is 1.52 bits per heavy atom. The number of carbonyl (C=O) groups excluding carboxylic acids is 1. The third-order valence-electron chi connectivity index (χ3n) is 3.81. The smallest absolute Gasteiger partial charge is 0.340 e. The van der Waals surface area contributed by atoms with Crippen LogP contribution in [0.15, 0.2) is 18.2 Å². The fourth-order valence-corrected chi connectivity index (χ4v) is 2.52. The van der Waals surface area contributed by atoms with Crippen LogP contribution in [0.5, 0.6) is 0 Å². The summed E-state index contributed by atoms with van der Waals surface area (Å²) in [5, 5.41) is 0. The van der Waals surface area contributed by atoms with Gasteiger partial charge in [0, 0.05) is 24.8 Å². The van der Waals surface area contributed by atoms with Gasteiger partial charge in [0.1, 0.15) is 12.7 Å². The number of morpholine rings is 1. The lowest BCUT2D eigenvalue weighted by Crippen LogP contribution is -2.47. The maximum absolute atomic E-state index is 12.2. The van der Waals surface area contributed by atoms with E-state index in [1.54, 1.807) is 6.07 Å². The van der Waals surface area contributed by atoms with E-state index in [0.717, 1.165) is 18.7 Å². The highest BCUT2D eigenvalue weighted by molar-refractivity contribution is 5.96. The van der Waals surface area contributed by atoms with Crippen LogP contribution >= 0.6 is 0 Å². The van der Waals surface area contributed by atoms with Crippen LogP contribution in [-0.4, -0.2) is 49.3 Å². The van der Waals surface area contributed by atoms with Gasteiger partial charge in [-0.05, 0) is 32.4 Å². The second-order valence-corrected chi connectivity index (χ2v) is 5.72. The Labute approximate surface area is 126 Å². The molecule has 2 N–H and O–H groups in total. The van der Waals surface area contributed by atoms with E-state index in [1.165, 1.54) is 0 Å². The first-order valence-electron chi connectivity index (χ1n) is 7.37. The number of anilines is 1. The summed E-state index contributed by atoms with van der Waals surface area (Å²) in [6.45, 7) is 8.80. The molecule has 0 radical (unpaired) electrons. The van der Waals surface area contributed by atoms with Crippen LogP contribution in [0.25, 0.3) is 0 Å². The van der Waals surface area contributed by atoms with Crippen LogP contribution in [0.4, 0.5) is 5.69 Å². The van der Waals surface area contributed by atoms with Gasteiger partial charge in [-0.3, -0.25) is 4.90 Å². The Balaban J connectivity index is 1.92. The molecule has 1 fully saturated rings. The van der Waals surface area contributed by atoms with Crippen molar-refractivity contribution in [3.05, 3.63) is 29.3 Å². The zero-order chi connectivity index (χ0) is 15.4. The lowest BCUT2D eigenvalue weighted by atomic mass is 10.1. The van der Waals surface area contributed by atoms with Crippen molar-refractivity contribution >= 4 is 11.7 Å². The minimum absolute atomic E-state index is 0.0738. The molecule has 0 spiro atoms. The van der Waals surface area contributed by atoms with Crippen LogP contribution in [0.1, 0.15) is 29.8 Å². The number of benzene rings is 1. The molecule has 5 nitrogen and oxygen atoms in total. The first-order valence-corrected chi connectivity index (χ1v) is 7.37. The number of hydrogen-bond acceptors (Lipinski definition) is 5. The van der Waals surface area contributed by atoms with Crippen LogP contribution in [0.3, 0.4) is 0 Å². The van der Waals surface area contributed by atoms with Gasteiger partial charge in [-0.1, -0.05) is 12.1 Å². The number of carbonyl (C=O) groups is 1. The molecule has 1 aromatic carbocycles. The molecule has 0 aliphatic carbocycles. The maximum atomic E-state index is 12.2. The normalized spacial score (nSPS) is 19.7. The molecule has 0 amide bonds. The second kappa shape index (κ2) is 6.91. The Kier molecular flexibility index (Phi) is 5.20. The molecule has 2 rings (SSSR count). The van der Waals surface area contributed by atoms with Gasteiger partial charge in [0.25, 0.3) is 0 Å². The van der Waals surface area contributed by atoms with Crippen molar-refractivity contribution in [1.29, 1.82) is 0 Å². The Hall–Kier alpha value is -1.59. The average molecular weight is 292 g/mol. The molecular formula is C16H24N2O3. The molecule has 0 saturated carbocycles. The highest BCUT2D eigenvalue weighted by atomic mass is 16.6. The molecule has 1 saturated heterocycles. The van der Waals surface area contributed by atoms with Gasteiger partial charge in [0.2, 0.25) is 0 Å². The predicted molar refractivity (Wildman–Crippen MR) is 82.3 cm³/mol. The molecule has 1 aliphatic rings. The topological polar surface area (TPSA) is 64.8 Å². The minimum atomic E-state index is -0.379. The molecule has 1 unspecified atom stereocenters. The van der Waals surface area contributed by atoms with Crippen molar-refractivity contribution in [1.82, 2.24) is 4.90 Å². The quantitative estimate of drug-likeness (QED) is 0.677. The van der Waals surface area contributed by atoms with Crippen molar-refractivity contribution in [3.8, 4) is 0 Å². The largest absolute Gasteiger partial charge is 0.459 e. The van der Waals surface area contributed by atoms with Crippen molar-refractivity contribution in [3.63, 3.8) is 0 Å². The highest BCUT2D eigenvalue weighted by Gasteiger charge is 2.24. The summed E-state index contributed by atoms with van der Waals surface area (Å²) in [7, 11) is 0. The van der Waals surface area contributed by atoms with E-state index in [-0.39, 0.29) is 18.7 Å². The molecule has 0 bridgehead atoms. The molecule has 1 aliphatic heterocycles. The SMILES string of the molecule is Cc1cccc(N)c1C(=O)OCC1CN(C(C)C)CCO1. The van der Waals surface area contributed by atoms with E-state index < -0.39 is 0 Å². The first kappa shape index (κ1) is 15.8. The second-order valence-electron chi connectivity index (χ2n) is 5.72. The summed E-state index contributed by atoms with van der Waals surface area (Å²) in [5.41, 5.74) is 7.58. The van der Waals surface area contributed by atoms with Gasteiger partial charge in [-0.2, -0.15) is 0 Å². The molecular weight excluding hydrogens is 268 g/mol. The van der Waals surface area contributed by atoms with E-state index in [4.69, 9.17) is 15.2 Å². The van der Waals surface area contributed by atoms with Crippen LogP contribution in [0, 0.1) is 6.92 Å². The fourth-order valence-electron chi connectivity index (χ4n) is 2.52. The van der Waals surface area contributed by atoms with Gasteiger partial charge in [-0.25, -0.2) is 4.79 Å². The fraction of sp³-hybridized carbons (Fsp3) is 0.562. The Bertz CT molecular complexity index is 482. The van der Waals surface area contributed by atoms with Crippen molar-refractivity contribution in [2.75, 3.05) is 32.0 Å². The first-order chi connectivity index (χ1) is 9.99. The lowest BCUT2D eigenvalue weighted by Gasteiger charge is -2.35. The van der Waals surface area contributed by atoms with Crippen LogP contribution in [-0.2, 0) is 9.47 Å². The summed E-state index contributed by atoms with van der Waals surface area (Å²) in [4.78, 5) is 14.5.